The Morgan fingerprint density at radius 1 is 0.800 bits per heavy atom. The van der Waals surface area contributed by atoms with E-state index in [9.17, 15) is 19.2 Å². The van der Waals surface area contributed by atoms with Gasteiger partial charge in [0.25, 0.3) is 0 Å². The molecular formula is C34H42N10O6. The Bertz CT molecular complexity index is 1740. The van der Waals surface area contributed by atoms with Crippen molar-refractivity contribution in [1.82, 2.24) is 45.7 Å². The number of likely N-dealkylation sites (tertiary alicyclic amines) is 2. The van der Waals surface area contributed by atoms with Crippen LogP contribution in [0.15, 0.2) is 47.8 Å². The number of rotatable bonds is 9. The van der Waals surface area contributed by atoms with Gasteiger partial charge in [-0.05, 0) is 45.1 Å². The first kappa shape index (κ1) is 34.3. The minimum Gasteiger partial charge on any atom is -0.453 e. The summed E-state index contributed by atoms with van der Waals surface area (Å²) in [4.78, 5) is 74.8. The average molecular weight is 687 g/mol. The van der Waals surface area contributed by atoms with Gasteiger partial charge in [-0.1, -0.05) is 24.3 Å². The van der Waals surface area contributed by atoms with Gasteiger partial charge in [-0.2, -0.15) is 0 Å². The van der Waals surface area contributed by atoms with Crippen molar-refractivity contribution in [2.24, 2.45) is 4.99 Å². The van der Waals surface area contributed by atoms with E-state index in [-0.39, 0.29) is 29.9 Å². The van der Waals surface area contributed by atoms with Crippen LogP contribution in [0.5, 0.6) is 0 Å². The Morgan fingerprint density at radius 2 is 1.36 bits per heavy atom. The Kier molecular flexibility index (Phi) is 10.2. The molecule has 0 bridgehead atoms. The number of hydrogen-bond donors (Lipinski definition) is 4. The highest BCUT2D eigenvalue weighted by Gasteiger charge is 2.38. The van der Waals surface area contributed by atoms with Crippen LogP contribution in [0, 0.1) is 0 Å². The lowest BCUT2D eigenvalue weighted by molar-refractivity contribution is -0.134. The van der Waals surface area contributed by atoms with Crippen molar-refractivity contribution in [1.29, 1.82) is 0 Å². The maximum Gasteiger partial charge on any atom is 0.407 e. The normalized spacial score (nSPS) is 21.2. The molecule has 2 fully saturated rings. The molecule has 264 valence electrons. The fourth-order valence-corrected chi connectivity index (χ4v) is 6.69. The summed E-state index contributed by atoms with van der Waals surface area (Å²) in [6, 6.07) is 5.92. The third-order valence-corrected chi connectivity index (χ3v) is 9.37. The molecule has 16 nitrogen and oxygen atoms in total. The maximum atomic E-state index is 13.1. The van der Waals surface area contributed by atoms with E-state index in [0.29, 0.717) is 31.3 Å². The van der Waals surface area contributed by atoms with E-state index >= 15 is 0 Å². The summed E-state index contributed by atoms with van der Waals surface area (Å²) in [7, 11) is 2.53. The van der Waals surface area contributed by atoms with Gasteiger partial charge in [-0.15, -0.1) is 0 Å². The molecule has 0 radical (unpaired) electrons. The molecule has 4 N–H and O–H groups in total. The van der Waals surface area contributed by atoms with Crippen molar-refractivity contribution in [3.63, 3.8) is 0 Å². The largest absolute Gasteiger partial charge is 0.453 e. The van der Waals surface area contributed by atoms with E-state index in [1.54, 1.807) is 42.2 Å². The number of aliphatic imine (C=N–C) groups is 1. The molecule has 16 heteroatoms. The SMILES string of the molecule is COC(=O)N[C@@H](C)C(=O)N1CCC[C@H]1C1=NCC(c2cnc(-c3ccc(-c4cnc([C@@H]5CCCN5C(=O)[C@H](C)NC(=O)OC)[nH]4)cc3)nc2)N1. The van der Waals surface area contributed by atoms with Gasteiger partial charge in [0.05, 0.1) is 50.8 Å². The van der Waals surface area contributed by atoms with Gasteiger partial charge in [0.1, 0.15) is 23.7 Å². The van der Waals surface area contributed by atoms with Crippen molar-refractivity contribution in [2.75, 3.05) is 33.9 Å². The predicted octanol–water partition coefficient (Wildman–Crippen LogP) is 2.72. The highest BCUT2D eigenvalue weighted by atomic mass is 16.5. The molecule has 6 rings (SSSR count). The van der Waals surface area contributed by atoms with E-state index in [1.165, 1.54) is 14.2 Å². The first-order chi connectivity index (χ1) is 24.2. The Labute approximate surface area is 289 Å². The molecule has 1 aromatic carbocycles. The summed E-state index contributed by atoms with van der Waals surface area (Å²) in [5.74, 6) is 1.68. The molecule has 2 aromatic heterocycles. The first-order valence-corrected chi connectivity index (χ1v) is 16.7. The van der Waals surface area contributed by atoms with Crippen LogP contribution in [0.1, 0.15) is 63.0 Å². The minimum absolute atomic E-state index is 0.113. The summed E-state index contributed by atoms with van der Waals surface area (Å²) < 4.78 is 9.26. The quantitative estimate of drug-likeness (QED) is 0.260. The number of amides is 4. The summed E-state index contributed by atoms with van der Waals surface area (Å²) in [6.45, 7) is 4.97. The number of nitrogens with zero attached hydrogens (tertiary/aromatic N) is 6. The topological polar surface area (TPSA) is 196 Å². The monoisotopic (exact) mass is 686 g/mol. The Morgan fingerprint density at radius 3 is 1.96 bits per heavy atom. The molecule has 2 saturated heterocycles. The predicted molar refractivity (Wildman–Crippen MR) is 182 cm³/mol. The molecule has 1 unspecified atom stereocenters. The lowest BCUT2D eigenvalue weighted by Crippen LogP contribution is -2.52. The van der Waals surface area contributed by atoms with Crippen LogP contribution in [0.3, 0.4) is 0 Å². The molecule has 3 aliphatic rings. The number of amidine groups is 1. The fraction of sp³-hybridized carbons (Fsp3) is 0.471. The lowest BCUT2D eigenvalue weighted by atomic mass is 10.1. The zero-order valence-electron chi connectivity index (χ0n) is 28.5. The van der Waals surface area contributed by atoms with E-state index in [0.717, 1.165) is 53.9 Å². The number of alkyl carbamates (subject to hydrolysis) is 2. The van der Waals surface area contributed by atoms with Crippen molar-refractivity contribution < 1.29 is 28.7 Å². The van der Waals surface area contributed by atoms with E-state index in [4.69, 9.17) is 4.99 Å². The Hall–Kier alpha value is -5.54. The van der Waals surface area contributed by atoms with Crippen LogP contribution in [-0.2, 0) is 19.1 Å². The molecule has 5 heterocycles. The molecule has 4 amide bonds. The Balaban J connectivity index is 1.05. The molecule has 0 saturated carbocycles. The van der Waals surface area contributed by atoms with Gasteiger partial charge < -0.3 is 40.2 Å². The number of imidazole rings is 1. The smallest absolute Gasteiger partial charge is 0.407 e. The molecule has 0 spiro atoms. The van der Waals surface area contributed by atoms with Gasteiger partial charge in [0.2, 0.25) is 11.8 Å². The second kappa shape index (κ2) is 14.9. The number of carbonyl (C=O) groups is 4. The second-order valence-corrected chi connectivity index (χ2v) is 12.6. The van der Waals surface area contributed by atoms with E-state index in [2.05, 4.69) is 45.4 Å². The van der Waals surface area contributed by atoms with Crippen LogP contribution in [-0.4, -0.2) is 112 Å². The highest BCUT2D eigenvalue weighted by molar-refractivity contribution is 5.95. The summed E-state index contributed by atoms with van der Waals surface area (Å²) in [5, 5.41) is 8.56. The van der Waals surface area contributed by atoms with E-state index in [1.807, 2.05) is 24.3 Å². The van der Waals surface area contributed by atoms with Crippen LogP contribution in [0.25, 0.3) is 22.6 Å². The number of methoxy groups -OCH3 is 2. The van der Waals surface area contributed by atoms with Gasteiger partial charge in [-0.25, -0.2) is 24.5 Å². The number of ether oxygens (including phenoxy) is 2. The number of aromatic nitrogens is 4. The molecule has 50 heavy (non-hydrogen) atoms. The van der Waals surface area contributed by atoms with Crippen molar-refractivity contribution in [2.45, 2.75) is 69.7 Å². The van der Waals surface area contributed by atoms with Gasteiger partial charge in [-0.3, -0.25) is 14.6 Å². The molecule has 3 aromatic rings. The molecule has 5 atom stereocenters. The summed E-state index contributed by atoms with van der Waals surface area (Å²) in [6.07, 6.45) is 7.31. The van der Waals surface area contributed by atoms with Crippen LogP contribution in [0.2, 0.25) is 0 Å². The molecule has 3 aliphatic heterocycles. The maximum absolute atomic E-state index is 13.1. The summed E-state index contributed by atoms with van der Waals surface area (Å²) >= 11 is 0. The third-order valence-electron chi connectivity index (χ3n) is 9.37. The number of hydrogen-bond acceptors (Lipinski definition) is 11. The number of carbonyl (C=O) groups excluding carboxylic acids is 4. The summed E-state index contributed by atoms with van der Waals surface area (Å²) in [5.41, 5.74) is 3.49. The zero-order chi connectivity index (χ0) is 35.4. The number of aromatic amines is 1. The number of nitrogens with one attached hydrogen (secondary N) is 4. The van der Waals surface area contributed by atoms with E-state index < -0.39 is 24.3 Å². The highest BCUT2D eigenvalue weighted by Crippen LogP contribution is 2.32. The van der Waals surface area contributed by atoms with Crippen molar-refractivity contribution in [3.05, 3.63) is 54.2 Å². The van der Waals surface area contributed by atoms with Gasteiger partial charge in [0, 0.05) is 36.6 Å². The second-order valence-electron chi connectivity index (χ2n) is 12.6. The number of benzene rings is 1. The standard InChI is InChI=1S/C34H42N10O6/c1-19(39-33(47)49-3)31(45)43-13-5-7-26(43)29-37-17-24(41-29)21-9-11-22(12-10-21)28-35-15-23(16-36-28)25-18-38-30(42-25)27-8-6-14-44(27)32(46)20(2)40-34(48)50-4/h9-12,15-17,19-20,25-27H,5-8,13-14,18H2,1-4H3,(H,37,41)(H,38,42)(H,39,47)(H,40,48)/t19-,20-,25?,26-,27-/m0/s1. The molecule has 0 aliphatic carbocycles. The van der Waals surface area contributed by atoms with Crippen LogP contribution < -0.4 is 16.0 Å². The third kappa shape index (κ3) is 7.23. The fourth-order valence-electron chi connectivity index (χ4n) is 6.69. The average Bonchev–Trinajstić information content (AvgIpc) is 3.97. The number of H-pyrrole nitrogens is 1. The van der Waals surface area contributed by atoms with Crippen molar-refractivity contribution in [3.8, 4) is 22.6 Å². The minimum atomic E-state index is -0.713. The van der Waals surface area contributed by atoms with Crippen LogP contribution >= 0.6 is 0 Å². The van der Waals surface area contributed by atoms with Gasteiger partial charge in [0.15, 0.2) is 5.82 Å². The van der Waals surface area contributed by atoms with Crippen molar-refractivity contribution >= 4 is 29.8 Å². The molecular weight excluding hydrogens is 644 g/mol. The first-order valence-electron chi connectivity index (χ1n) is 16.7. The van der Waals surface area contributed by atoms with Gasteiger partial charge >= 0.3 is 12.2 Å². The van der Waals surface area contributed by atoms with Crippen LogP contribution in [0.4, 0.5) is 9.59 Å². The lowest BCUT2D eigenvalue weighted by Gasteiger charge is -2.28. The zero-order valence-corrected chi connectivity index (χ0v) is 28.5.